The summed E-state index contributed by atoms with van der Waals surface area (Å²) in [7, 11) is 0. The number of benzene rings is 1. The van der Waals surface area contributed by atoms with E-state index in [4.69, 9.17) is 10.5 Å². The molecule has 0 spiro atoms. The quantitative estimate of drug-likeness (QED) is 0.748. The van der Waals surface area contributed by atoms with Gasteiger partial charge in [0.05, 0.1) is 0 Å². The SMILES string of the molecule is CCOCC(=O)NCc1cccc(CN)c1. The summed E-state index contributed by atoms with van der Waals surface area (Å²) in [6.07, 6.45) is 0. The number of nitrogens with two attached hydrogens (primary N) is 1. The van der Waals surface area contributed by atoms with Crippen LogP contribution < -0.4 is 11.1 Å². The molecule has 16 heavy (non-hydrogen) atoms. The van der Waals surface area contributed by atoms with Crippen LogP contribution in [-0.2, 0) is 22.6 Å². The fourth-order valence-electron chi connectivity index (χ4n) is 1.31. The fraction of sp³-hybridized carbons (Fsp3) is 0.417. The van der Waals surface area contributed by atoms with Crippen molar-refractivity contribution < 1.29 is 9.53 Å². The summed E-state index contributed by atoms with van der Waals surface area (Å²) in [6, 6.07) is 7.85. The smallest absolute Gasteiger partial charge is 0.246 e. The second-order valence-corrected chi connectivity index (χ2v) is 3.44. The van der Waals surface area contributed by atoms with Crippen LogP contribution in [-0.4, -0.2) is 19.1 Å². The van der Waals surface area contributed by atoms with Gasteiger partial charge in [0.2, 0.25) is 5.91 Å². The molecule has 0 heterocycles. The van der Waals surface area contributed by atoms with Gasteiger partial charge in [-0.1, -0.05) is 24.3 Å². The van der Waals surface area contributed by atoms with Crippen LogP contribution in [0, 0.1) is 0 Å². The van der Waals surface area contributed by atoms with Crippen molar-refractivity contribution in [3.8, 4) is 0 Å². The minimum Gasteiger partial charge on any atom is -0.372 e. The third-order valence-electron chi connectivity index (χ3n) is 2.15. The maximum absolute atomic E-state index is 11.3. The zero-order valence-corrected chi connectivity index (χ0v) is 9.53. The van der Waals surface area contributed by atoms with Crippen LogP contribution in [0.3, 0.4) is 0 Å². The predicted octanol–water partition coefficient (Wildman–Crippen LogP) is 0.798. The molecule has 3 N–H and O–H groups in total. The molecule has 0 aliphatic rings. The van der Waals surface area contributed by atoms with Gasteiger partial charge in [-0.2, -0.15) is 0 Å². The molecule has 0 fully saturated rings. The first kappa shape index (κ1) is 12.7. The van der Waals surface area contributed by atoms with E-state index in [1.165, 1.54) is 0 Å². The standard InChI is InChI=1S/C12H18N2O2/c1-2-16-9-12(15)14-8-11-5-3-4-10(6-11)7-13/h3-6H,2,7-9,13H2,1H3,(H,14,15). The first-order chi connectivity index (χ1) is 7.76. The van der Waals surface area contributed by atoms with Gasteiger partial charge in [-0.3, -0.25) is 4.79 Å². The van der Waals surface area contributed by atoms with Crippen LogP contribution in [0.4, 0.5) is 0 Å². The lowest BCUT2D eigenvalue weighted by Gasteiger charge is -2.06. The van der Waals surface area contributed by atoms with Crippen molar-refractivity contribution in [3.63, 3.8) is 0 Å². The molecule has 0 unspecified atom stereocenters. The van der Waals surface area contributed by atoms with E-state index in [9.17, 15) is 4.79 Å². The predicted molar refractivity (Wildman–Crippen MR) is 62.7 cm³/mol. The van der Waals surface area contributed by atoms with Gasteiger partial charge in [0.1, 0.15) is 6.61 Å². The van der Waals surface area contributed by atoms with Gasteiger partial charge >= 0.3 is 0 Å². The second-order valence-electron chi connectivity index (χ2n) is 3.44. The van der Waals surface area contributed by atoms with E-state index in [0.29, 0.717) is 19.7 Å². The van der Waals surface area contributed by atoms with Crippen molar-refractivity contribution in [1.82, 2.24) is 5.32 Å². The zero-order chi connectivity index (χ0) is 11.8. The molecule has 4 heteroatoms. The van der Waals surface area contributed by atoms with Gasteiger partial charge in [-0.25, -0.2) is 0 Å². The normalized spacial score (nSPS) is 10.1. The topological polar surface area (TPSA) is 64.3 Å². The lowest BCUT2D eigenvalue weighted by atomic mass is 10.1. The summed E-state index contributed by atoms with van der Waals surface area (Å²) in [6.45, 7) is 3.56. The third-order valence-corrected chi connectivity index (χ3v) is 2.15. The molecule has 0 saturated heterocycles. The minimum atomic E-state index is -0.0972. The molecule has 0 atom stereocenters. The number of carbonyl (C=O) groups is 1. The van der Waals surface area contributed by atoms with E-state index in [0.717, 1.165) is 11.1 Å². The fourth-order valence-corrected chi connectivity index (χ4v) is 1.31. The van der Waals surface area contributed by atoms with Crippen LogP contribution >= 0.6 is 0 Å². The van der Waals surface area contributed by atoms with Gasteiger partial charge in [0.25, 0.3) is 0 Å². The molecule has 1 rings (SSSR count). The number of ether oxygens (including phenoxy) is 1. The van der Waals surface area contributed by atoms with Crippen LogP contribution in [0.15, 0.2) is 24.3 Å². The van der Waals surface area contributed by atoms with Crippen molar-refractivity contribution in [2.45, 2.75) is 20.0 Å². The summed E-state index contributed by atoms with van der Waals surface area (Å²) in [5.41, 5.74) is 7.65. The maximum Gasteiger partial charge on any atom is 0.246 e. The van der Waals surface area contributed by atoms with Crippen molar-refractivity contribution >= 4 is 5.91 Å². The molecule has 1 aromatic carbocycles. The first-order valence-corrected chi connectivity index (χ1v) is 5.38. The lowest BCUT2D eigenvalue weighted by Crippen LogP contribution is -2.27. The Balaban J connectivity index is 2.38. The van der Waals surface area contributed by atoms with E-state index in [1.807, 2.05) is 31.2 Å². The number of nitrogens with one attached hydrogen (secondary N) is 1. The third kappa shape index (κ3) is 4.42. The molecule has 0 bridgehead atoms. The second kappa shape index (κ2) is 6.98. The number of amides is 1. The molecule has 1 aromatic rings. The molecule has 4 nitrogen and oxygen atoms in total. The average Bonchev–Trinajstić information content (AvgIpc) is 2.34. The summed E-state index contributed by atoms with van der Waals surface area (Å²) in [5.74, 6) is -0.0972. The van der Waals surface area contributed by atoms with Crippen molar-refractivity contribution in [2.75, 3.05) is 13.2 Å². The van der Waals surface area contributed by atoms with Crippen LogP contribution in [0.5, 0.6) is 0 Å². The number of carbonyl (C=O) groups excluding carboxylic acids is 1. The summed E-state index contributed by atoms with van der Waals surface area (Å²) >= 11 is 0. The Kier molecular flexibility index (Phi) is 5.53. The Morgan fingerprint density at radius 3 is 2.88 bits per heavy atom. The molecule has 0 radical (unpaired) electrons. The minimum absolute atomic E-state index is 0.0972. The number of rotatable bonds is 6. The van der Waals surface area contributed by atoms with Crippen molar-refractivity contribution in [3.05, 3.63) is 35.4 Å². The van der Waals surface area contributed by atoms with Crippen molar-refractivity contribution in [1.29, 1.82) is 0 Å². The summed E-state index contributed by atoms with van der Waals surface area (Å²) in [4.78, 5) is 11.3. The highest BCUT2D eigenvalue weighted by molar-refractivity contribution is 5.77. The number of hydrogen-bond donors (Lipinski definition) is 2. The highest BCUT2D eigenvalue weighted by atomic mass is 16.5. The van der Waals surface area contributed by atoms with Gasteiger partial charge < -0.3 is 15.8 Å². The van der Waals surface area contributed by atoms with Gasteiger partial charge in [-0.05, 0) is 18.1 Å². The van der Waals surface area contributed by atoms with Gasteiger partial charge in [0.15, 0.2) is 0 Å². The van der Waals surface area contributed by atoms with Gasteiger partial charge in [0, 0.05) is 19.7 Å². The summed E-state index contributed by atoms with van der Waals surface area (Å²) in [5, 5.41) is 2.78. The Labute approximate surface area is 95.8 Å². The molecule has 0 aliphatic heterocycles. The molecule has 1 amide bonds. The van der Waals surface area contributed by atoms with E-state index < -0.39 is 0 Å². The molecule has 0 aliphatic carbocycles. The van der Waals surface area contributed by atoms with E-state index in [-0.39, 0.29) is 12.5 Å². The molecular weight excluding hydrogens is 204 g/mol. The lowest BCUT2D eigenvalue weighted by molar-refractivity contribution is -0.125. The van der Waals surface area contributed by atoms with E-state index >= 15 is 0 Å². The Bertz CT molecular complexity index is 340. The molecule has 0 aromatic heterocycles. The Hall–Kier alpha value is -1.39. The van der Waals surface area contributed by atoms with Gasteiger partial charge in [-0.15, -0.1) is 0 Å². The largest absolute Gasteiger partial charge is 0.372 e. The monoisotopic (exact) mass is 222 g/mol. The highest BCUT2D eigenvalue weighted by Crippen LogP contribution is 2.03. The van der Waals surface area contributed by atoms with Crippen LogP contribution in [0.25, 0.3) is 0 Å². The molecule has 0 saturated carbocycles. The molecule has 88 valence electrons. The first-order valence-electron chi connectivity index (χ1n) is 5.38. The van der Waals surface area contributed by atoms with Crippen LogP contribution in [0.2, 0.25) is 0 Å². The van der Waals surface area contributed by atoms with Crippen molar-refractivity contribution in [2.24, 2.45) is 5.73 Å². The Morgan fingerprint density at radius 2 is 2.19 bits per heavy atom. The number of hydrogen-bond acceptors (Lipinski definition) is 3. The summed E-state index contributed by atoms with van der Waals surface area (Å²) < 4.78 is 5.00. The van der Waals surface area contributed by atoms with Crippen LogP contribution in [0.1, 0.15) is 18.1 Å². The highest BCUT2D eigenvalue weighted by Gasteiger charge is 2.00. The Morgan fingerprint density at radius 1 is 1.44 bits per heavy atom. The average molecular weight is 222 g/mol. The van der Waals surface area contributed by atoms with E-state index in [1.54, 1.807) is 0 Å². The van der Waals surface area contributed by atoms with E-state index in [2.05, 4.69) is 5.32 Å². The maximum atomic E-state index is 11.3. The zero-order valence-electron chi connectivity index (χ0n) is 9.53. The molecular formula is C12H18N2O2.